The fourth-order valence-corrected chi connectivity index (χ4v) is 4.43. The summed E-state index contributed by atoms with van der Waals surface area (Å²) in [5, 5.41) is 10.4. The Hall–Kier alpha value is -5.77. The molecular weight excluding hydrogens is 490 g/mol. The fourth-order valence-electron chi connectivity index (χ4n) is 4.43. The van der Waals surface area contributed by atoms with Crippen LogP contribution in [0.2, 0.25) is 0 Å². The average Bonchev–Trinajstić information content (AvgIpc) is 3.62. The van der Waals surface area contributed by atoms with Crippen molar-refractivity contribution >= 4 is 33.7 Å². The number of hydrogen-bond acceptors (Lipinski definition) is 7. The molecule has 7 aromatic rings. The molecule has 39 heavy (non-hydrogen) atoms. The minimum Gasteiger partial charge on any atom is -0.336 e. The molecule has 186 valence electrons. The number of benzene rings is 1. The molecule has 10 heteroatoms. The van der Waals surface area contributed by atoms with Crippen molar-refractivity contribution in [2.45, 2.75) is 0 Å². The summed E-state index contributed by atoms with van der Waals surface area (Å²) < 4.78 is 0. The first-order chi connectivity index (χ1) is 19.2. The Morgan fingerprint density at radius 1 is 0.744 bits per heavy atom. The molecular formula is C29H19N9O. The van der Waals surface area contributed by atoms with Crippen LogP contribution < -0.4 is 5.32 Å². The van der Waals surface area contributed by atoms with E-state index in [1.54, 1.807) is 43.1 Å². The van der Waals surface area contributed by atoms with E-state index in [2.05, 4.69) is 35.5 Å². The molecule has 0 radical (unpaired) electrons. The zero-order chi connectivity index (χ0) is 26.2. The number of imidazole rings is 1. The number of nitrogens with one attached hydrogen (secondary N) is 3. The van der Waals surface area contributed by atoms with Gasteiger partial charge in [-0.25, -0.2) is 9.97 Å². The van der Waals surface area contributed by atoms with Gasteiger partial charge < -0.3 is 10.3 Å². The summed E-state index contributed by atoms with van der Waals surface area (Å²) in [6, 6.07) is 20.4. The molecule has 0 spiro atoms. The molecule has 0 aliphatic rings. The van der Waals surface area contributed by atoms with Gasteiger partial charge in [-0.3, -0.25) is 24.8 Å². The Kier molecular flexibility index (Phi) is 5.33. The molecule has 6 heterocycles. The van der Waals surface area contributed by atoms with Gasteiger partial charge in [-0.15, -0.1) is 0 Å². The summed E-state index contributed by atoms with van der Waals surface area (Å²) in [6.45, 7) is 0. The highest BCUT2D eigenvalue weighted by molar-refractivity contribution is 6.04. The van der Waals surface area contributed by atoms with E-state index >= 15 is 0 Å². The van der Waals surface area contributed by atoms with E-state index in [0.29, 0.717) is 34.0 Å². The predicted molar refractivity (Wildman–Crippen MR) is 148 cm³/mol. The Morgan fingerprint density at radius 2 is 1.59 bits per heavy atom. The van der Waals surface area contributed by atoms with Crippen LogP contribution in [0.15, 0.2) is 97.7 Å². The number of amides is 1. The van der Waals surface area contributed by atoms with Gasteiger partial charge in [0, 0.05) is 41.5 Å². The summed E-state index contributed by atoms with van der Waals surface area (Å²) in [6.07, 6.45) is 8.52. The third-order valence-corrected chi connectivity index (χ3v) is 6.31. The number of carbonyl (C=O) groups is 1. The third-order valence-electron chi connectivity index (χ3n) is 6.31. The van der Waals surface area contributed by atoms with Crippen LogP contribution in [0.3, 0.4) is 0 Å². The van der Waals surface area contributed by atoms with E-state index in [1.165, 1.54) is 0 Å². The molecule has 0 bridgehead atoms. The normalized spacial score (nSPS) is 11.2. The van der Waals surface area contributed by atoms with Gasteiger partial charge in [-0.2, -0.15) is 5.10 Å². The van der Waals surface area contributed by atoms with E-state index in [0.717, 1.165) is 33.4 Å². The lowest BCUT2D eigenvalue weighted by Crippen LogP contribution is -2.11. The molecule has 1 aromatic carbocycles. The smallest absolute Gasteiger partial charge is 0.255 e. The number of rotatable bonds is 5. The van der Waals surface area contributed by atoms with E-state index < -0.39 is 0 Å². The lowest BCUT2D eigenvalue weighted by molar-refractivity contribution is 0.102. The molecule has 1 amide bonds. The van der Waals surface area contributed by atoms with Crippen molar-refractivity contribution in [3.63, 3.8) is 0 Å². The number of H-pyrrole nitrogens is 2. The topological polar surface area (TPSA) is 138 Å². The van der Waals surface area contributed by atoms with Gasteiger partial charge in [0.25, 0.3) is 5.91 Å². The fraction of sp³-hybridized carbons (Fsp3) is 0. The van der Waals surface area contributed by atoms with Crippen molar-refractivity contribution in [3.05, 3.63) is 103 Å². The first-order valence-electron chi connectivity index (χ1n) is 12.2. The summed E-state index contributed by atoms with van der Waals surface area (Å²) in [4.78, 5) is 38.6. The first kappa shape index (κ1) is 22.4. The van der Waals surface area contributed by atoms with E-state index in [1.807, 2.05) is 54.6 Å². The zero-order valence-corrected chi connectivity index (χ0v) is 20.3. The van der Waals surface area contributed by atoms with Gasteiger partial charge in [-0.1, -0.05) is 18.2 Å². The van der Waals surface area contributed by atoms with Gasteiger partial charge in [-0.05, 0) is 48.5 Å². The van der Waals surface area contributed by atoms with Crippen molar-refractivity contribution in [1.82, 2.24) is 40.1 Å². The predicted octanol–water partition coefficient (Wildman–Crippen LogP) is 5.27. The highest BCUT2D eigenvalue weighted by atomic mass is 16.1. The maximum absolute atomic E-state index is 12.6. The molecule has 7 rings (SSSR count). The second kappa shape index (κ2) is 9.27. The van der Waals surface area contributed by atoms with Gasteiger partial charge in [0.1, 0.15) is 11.0 Å². The van der Waals surface area contributed by atoms with E-state index in [-0.39, 0.29) is 5.91 Å². The molecule has 0 saturated carbocycles. The number of aromatic nitrogens is 8. The van der Waals surface area contributed by atoms with Crippen LogP contribution in [0.5, 0.6) is 0 Å². The van der Waals surface area contributed by atoms with Crippen LogP contribution in [0.4, 0.5) is 5.69 Å². The van der Waals surface area contributed by atoms with E-state index in [9.17, 15) is 4.79 Å². The summed E-state index contributed by atoms with van der Waals surface area (Å²) >= 11 is 0. The average molecular weight is 510 g/mol. The summed E-state index contributed by atoms with van der Waals surface area (Å²) in [5.41, 5.74) is 7.84. The van der Waals surface area contributed by atoms with Gasteiger partial charge >= 0.3 is 0 Å². The highest BCUT2D eigenvalue weighted by Gasteiger charge is 2.17. The van der Waals surface area contributed by atoms with Crippen LogP contribution in [-0.4, -0.2) is 46.0 Å². The second-order valence-corrected chi connectivity index (χ2v) is 8.82. The Bertz CT molecular complexity index is 1960. The minimum absolute atomic E-state index is 0.208. The van der Waals surface area contributed by atoms with Crippen molar-refractivity contribution < 1.29 is 4.79 Å². The maximum atomic E-state index is 12.6. The largest absolute Gasteiger partial charge is 0.336 e. The summed E-state index contributed by atoms with van der Waals surface area (Å²) in [5.74, 6) is 0.367. The lowest BCUT2D eigenvalue weighted by atomic mass is 10.1. The SMILES string of the molecule is O=C(Nc1cncc(-c2ccc3[nH]nc(-c4nc5c(-c6ccncc6)nccc5[nH]4)c3n2)c1)c1ccccc1. The molecule has 0 aliphatic heterocycles. The highest BCUT2D eigenvalue weighted by Crippen LogP contribution is 2.30. The first-order valence-corrected chi connectivity index (χ1v) is 12.2. The minimum atomic E-state index is -0.208. The maximum Gasteiger partial charge on any atom is 0.255 e. The molecule has 0 atom stereocenters. The van der Waals surface area contributed by atoms with Crippen molar-refractivity contribution in [2.24, 2.45) is 0 Å². The van der Waals surface area contributed by atoms with Crippen LogP contribution in [-0.2, 0) is 0 Å². The molecule has 0 aliphatic carbocycles. The van der Waals surface area contributed by atoms with Gasteiger partial charge in [0.2, 0.25) is 0 Å². The Labute approximate surface area is 221 Å². The quantitative estimate of drug-likeness (QED) is 0.287. The van der Waals surface area contributed by atoms with Crippen molar-refractivity contribution in [1.29, 1.82) is 0 Å². The van der Waals surface area contributed by atoms with E-state index in [4.69, 9.17) is 9.97 Å². The number of anilines is 1. The van der Waals surface area contributed by atoms with Gasteiger partial charge in [0.05, 0.1) is 34.3 Å². The number of hydrogen-bond donors (Lipinski definition) is 3. The molecule has 0 unspecified atom stereocenters. The van der Waals surface area contributed by atoms with Crippen LogP contribution in [0.25, 0.3) is 56.1 Å². The Balaban J connectivity index is 1.25. The lowest BCUT2D eigenvalue weighted by Gasteiger charge is -2.07. The number of carbonyl (C=O) groups excluding carboxylic acids is 1. The standard InChI is InChI=1S/C29H19N9O/c39-29(18-4-2-1-3-5-18)33-20-14-19(15-31-16-20)21-6-7-23-26(34-21)27(38-37-23)28-35-22-10-13-32-24(25(22)36-28)17-8-11-30-12-9-17/h1-16H,(H,33,39)(H,35,36)(H,37,38). The van der Waals surface area contributed by atoms with Gasteiger partial charge in [0.15, 0.2) is 11.5 Å². The molecule has 6 aromatic heterocycles. The Morgan fingerprint density at radius 3 is 2.46 bits per heavy atom. The molecule has 0 fully saturated rings. The van der Waals surface area contributed by atoms with Crippen LogP contribution in [0, 0.1) is 0 Å². The molecule has 10 nitrogen and oxygen atoms in total. The third kappa shape index (κ3) is 4.15. The summed E-state index contributed by atoms with van der Waals surface area (Å²) in [7, 11) is 0. The number of nitrogens with zero attached hydrogens (tertiary/aromatic N) is 6. The second-order valence-electron chi connectivity index (χ2n) is 8.82. The number of aromatic amines is 2. The van der Waals surface area contributed by atoms with Crippen LogP contribution >= 0.6 is 0 Å². The number of pyridine rings is 4. The van der Waals surface area contributed by atoms with Crippen molar-refractivity contribution in [3.8, 4) is 34.0 Å². The monoisotopic (exact) mass is 509 g/mol. The van der Waals surface area contributed by atoms with Crippen molar-refractivity contribution in [2.75, 3.05) is 5.32 Å². The van der Waals surface area contributed by atoms with Crippen LogP contribution in [0.1, 0.15) is 10.4 Å². The zero-order valence-electron chi connectivity index (χ0n) is 20.3. The number of fused-ring (bicyclic) bond motifs is 2. The molecule has 3 N–H and O–H groups in total. The molecule has 0 saturated heterocycles.